The fraction of sp³-hybridized carbons (Fsp3) is 0.357. The number of fused-ring (bicyclic) bond motifs is 1. The summed E-state index contributed by atoms with van der Waals surface area (Å²) >= 11 is 0. The monoisotopic (exact) mass is 230 g/mol. The van der Waals surface area contributed by atoms with Gasteiger partial charge in [0.05, 0.1) is 5.69 Å². The van der Waals surface area contributed by atoms with Crippen molar-refractivity contribution in [1.82, 2.24) is 9.88 Å². The second-order valence-corrected chi connectivity index (χ2v) is 4.65. The van der Waals surface area contributed by atoms with E-state index in [4.69, 9.17) is 0 Å². The van der Waals surface area contributed by atoms with Gasteiger partial charge in [0.1, 0.15) is 5.82 Å². The molecule has 0 amide bonds. The molecule has 1 aliphatic rings. The molecular formula is C14H15FN2. The highest BCUT2D eigenvalue weighted by molar-refractivity contribution is 5.81. The summed E-state index contributed by atoms with van der Waals surface area (Å²) in [5, 5.41) is 1.94. The third-order valence-electron chi connectivity index (χ3n) is 3.32. The Morgan fingerprint density at radius 1 is 1.12 bits per heavy atom. The summed E-state index contributed by atoms with van der Waals surface area (Å²) < 4.78 is 13.1. The van der Waals surface area contributed by atoms with Crippen molar-refractivity contribution in [2.24, 2.45) is 0 Å². The molecule has 17 heavy (non-hydrogen) atoms. The molecule has 0 N–H and O–H groups in total. The third kappa shape index (κ3) is 2.29. The molecule has 0 atom stereocenters. The highest BCUT2D eigenvalue weighted by Gasteiger charge is 2.12. The molecule has 0 aliphatic carbocycles. The van der Waals surface area contributed by atoms with E-state index >= 15 is 0 Å². The molecule has 3 rings (SSSR count). The highest BCUT2D eigenvalue weighted by Crippen LogP contribution is 2.17. The molecule has 0 saturated carbocycles. The maximum Gasteiger partial charge on any atom is 0.123 e. The van der Waals surface area contributed by atoms with E-state index in [9.17, 15) is 4.39 Å². The molecule has 1 aliphatic heterocycles. The van der Waals surface area contributed by atoms with Crippen LogP contribution in [0.25, 0.3) is 10.8 Å². The molecule has 1 saturated heterocycles. The fourth-order valence-electron chi connectivity index (χ4n) is 2.41. The van der Waals surface area contributed by atoms with Crippen LogP contribution in [0.5, 0.6) is 0 Å². The molecule has 2 nitrogen and oxygen atoms in total. The molecule has 1 aromatic carbocycles. The molecule has 0 spiro atoms. The first-order valence-electron chi connectivity index (χ1n) is 6.08. The largest absolute Gasteiger partial charge is 0.298 e. The van der Waals surface area contributed by atoms with Crippen molar-refractivity contribution < 1.29 is 4.39 Å². The summed E-state index contributed by atoms with van der Waals surface area (Å²) in [6, 6.07) is 6.82. The Balaban J connectivity index is 1.89. The van der Waals surface area contributed by atoms with E-state index < -0.39 is 0 Å². The summed E-state index contributed by atoms with van der Waals surface area (Å²) in [6.45, 7) is 3.19. The Kier molecular flexibility index (Phi) is 2.77. The van der Waals surface area contributed by atoms with Crippen LogP contribution in [0.4, 0.5) is 4.39 Å². The first kappa shape index (κ1) is 10.7. The van der Waals surface area contributed by atoms with Crippen molar-refractivity contribution in [3.8, 4) is 0 Å². The van der Waals surface area contributed by atoms with Crippen molar-refractivity contribution in [2.75, 3.05) is 13.1 Å². The van der Waals surface area contributed by atoms with Gasteiger partial charge in [0.15, 0.2) is 0 Å². The molecule has 0 radical (unpaired) electrons. The number of hydrogen-bond donors (Lipinski definition) is 0. The smallest absolute Gasteiger partial charge is 0.123 e. The first-order valence-corrected chi connectivity index (χ1v) is 6.08. The topological polar surface area (TPSA) is 16.1 Å². The summed E-state index contributed by atoms with van der Waals surface area (Å²) in [5.41, 5.74) is 1.03. The number of likely N-dealkylation sites (tertiary alicyclic amines) is 1. The number of halogens is 1. The molecule has 2 aromatic rings. The predicted octanol–water partition coefficient (Wildman–Crippen LogP) is 2.97. The summed E-state index contributed by atoms with van der Waals surface area (Å²) in [7, 11) is 0. The van der Waals surface area contributed by atoms with Gasteiger partial charge in [-0.3, -0.25) is 9.88 Å². The van der Waals surface area contributed by atoms with Crippen LogP contribution in [0.2, 0.25) is 0 Å². The summed E-state index contributed by atoms with van der Waals surface area (Å²) in [5.74, 6) is -0.184. The van der Waals surface area contributed by atoms with Gasteiger partial charge in [-0.05, 0) is 55.6 Å². The number of aromatic nitrogens is 1. The van der Waals surface area contributed by atoms with E-state index in [1.54, 1.807) is 12.1 Å². The molecule has 3 heteroatoms. The first-order chi connectivity index (χ1) is 8.31. The molecule has 0 unspecified atom stereocenters. The molecule has 2 heterocycles. The minimum Gasteiger partial charge on any atom is -0.298 e. The highest BCUT2D eigenvalue weighted by atomic mass is 19.1. The van der Waals surface area contributed by atoms with Crippen LogP contribution in [0.1, 0.15) is 18.5 Å². The maximum absolute atomic E-state index is 13.1. The van der Waals surface area contributed by atoms with Crippen molar-refractivity contribution in [2.45, 2.75) is 19.4 Å². The van der Waals surface area contributed by atoms with Gasteiger partial charge in [-0.15, -0.1) is 0 Å². The van der Waals surface area contributed by atoms with Crippen molar-refractivity contribution >= 4 is 10.8 Å². The second kappa shape index (κ2) is 4.41. The zero-order chi connectivity index (χ0) is 11.7. The van der Waals surface area contributed by atoms with Gasteiger partial charge >= 0.3 is 0 Å². The Hall–Kier alpha value is -1.48. The lowest BCUT2D eigenvalue weighted by Crippen LogP contribution is -2.18. The number of pyridine rings is 1. The van der Waals surface area contributed by atoms with Gasteiger partial charge in [-0.2, -0.15) is 0 Å². The van der Waals surface area contributed by atoms with Crippen molar-refractivity contribution in [3.63, 3.8) is 0 Å². The van der Waals surface area contributed by atoms with Crippen LogP contribution in [0, 0.1) is 5.82 Å². The Bertz CT molecular complexity index is 533. The van der Waals surface area contributed by atoms with Crippen LogP contribution in [-0.2, 0) is 6.54 Å². The van der Waals surface area contributed by atoms with E-state index in [0.29, 0.717) is 0 Å². The minimum atomic E-state index is -0.184. The van der Waals surface area contributed by atoms with Crippen LogP contribution >= 0.6 is 0 Å². The van der Waals surface area contributed by atoms with Crippen LogP contribution in [0.3, 0.4) is 0 Å². The minimum absolute atomic E-state index is 0.184. The molecular weight excluding hydrogens is 215 g/mol. The van der Waals surface area contributed by atoms with Gasteiger partial charge in [-0.1, -0.05) is 0 Å². The quantitative estimate of drug-likeness (QED) is 0.788. The zero-order valence-corrected chi connectivity index (χ0v) is 9.69. The molecule has 0 bridgehead atoms. The maximum atomic E-state index is 13.1. The SMILES string of the molecule is Fc1ccc2cnc(CN3CCCC3)cc2c1. The summed E-state index contributed by atoms with van der Waals surface area (Å²) in [6.07, 6.45) is 4.39. The van der Waals surface area contributed by atoms with Crippen molar-refractivity contribution in [1.29, 1.82) is 0 Å². The van der Waals surface area contributed by atoms with Gasteiger partial charge < -0.3 is 0 Å². The number of hydrogen-bond acceptors (Lipinski definition) is 2. The average Bonchev–Trinajstić information content (AvgIpc) is 2.81. The Morgan fingerprint density at radius 3 is 2.76 bits per heavy atom. The van der Waals surface area contributed by atoms with E-state index in [2.05, 4.69) is 9.88 Å². The average molecular weight is 230 g/mol. The predicted molar refractivity (Wildman–Crippen MR) is 66.2 cm³/mol. The van der Waals surface area contributed by atoms with Crippen LogP contribution in [0.15, 0.2) is 30.5 Å². The van der Waals surface area contributed by atoms with E-state index in [1.807, 2.05) is 12.3 Å². The van der Waals surface area contributed by atoms with Gasteiger partial charge in [0, 0.05) is 18.1 Å². The lowest BCUT2D eigenvalue weighted by atomic mass is 10.1. The van der Waals surface area contributed by atoms with Crippen LogP contribution in [-0.4, -0.2) is 23.0 Å². The normalized spacial score (nSPS) is 16.8. The molecule has 1 aromatic heterocycles. The zero-order valence-electron chi connectivity index (χ0n) is 9.69. The third-order valence-corrected chi connectivity index (χ3v) is 3.32. The van der Waals surface area contributed by atoms with Gasteiger partial charge in [0.25, 0.3) is 0 Å². The Labute approximate surface area is 100 Å². The molecule has 88 valence electrons. The van der Waals surface area contributed by atoms with Gasteiger partial charge in [0.2, 0.25) is 0 Å². The lowest BCUT2D eigenvalue weighted by molar-refractivity contribution is 0.327. The van der Waals surface area contributed by atoms with Gasteiger partial charge in [-0.25, -0.2) is 4.39 Å². The number of nitrogens with zero attached hydrogens (tertiary/aromatic N) is 2. The number of benzene rings is 1. The number of rotatable bonds is 2. The Morgan fingerprint density at radius 2 is 1.94 bits per heavy atom. The lowest BCUT2D eigenvalue weighted by Gasteiger charge is -2.13. The standard InChI is InChI=1S/C14H15FN2/c15-13-4-3-11-9-16-14(8-12(11)7-13)10-17-5-1-2-6-17/h3-4,7-9H,1-2,5-6,10H2. The summed E-state index contributed by atoms with van der Waals surface area (Å²) in [4.78, 5) is 6.83. The molecule has 1 fully saturated rings. The van der Waals surface area contributed by atoms with E-state index in [-0.39, 0.29) is 5.82 Å². The van der Waals surface area contributed by atoms with Crippen molar-refractivity contribution in [3.05, 3.63) is 42.0 Å². The van der Waals surface area contributed by atoms with E-state index in [1.165, 1.54) is 18.9 Å². The second-order valence-electron chi connectivity index (χ2n) is 4.65. The fourth-order valence-corrected chi connectivity index (χ4v) is 2.41. The van der Waals surface area contributed by atoms with Crippen LogP contribution < -0.4 is 0 Å². The van der Waals surface area contributed by atoms with E-state index in [0.717, 1.165) is 36.1 Å².